The van der Waals surface area contributed by atoms with Gasteiger partial charge in [-0.25, -0.2) is 0 Å². The third-order valence-electron chi connectivity index (χ3n) is 7.89. The van der Waals surface area contributed by atoms with Crippen molar-refractivity contribution >= 4 is 6.29 Å². The van der Waals surface area contributed by atoms with Gasteiger partial charge < -0.3 is 4.79 Å². The van der Waals surface area contributed by atoms with Gasteiger partial charge in [0.05, 0.1) is 0 Å². The predicted molar refractivity (Wildman–Crippen MR) is 97.4 cm³/mol. The quantitative estimate of drug-likeness (QED) is 0.464. The molecule has 4 fully saturated rings. The molecule has 1 unspecified atom stereocenters. The highest BCUT2D eigenvalue weighted by Gasteiger charge is 2.45. The van der Waals surface area contributed by atoms with Crippen LogP contribution in [0.4, 0.5) is 0 Å². The van der Waals surface area contributed by atoms with Gasteiger partial charge in [-0.1, -0.05) is 58.3 Å². The molecule has 4 rings (SSSR count). The number of aldehydes is 1. The van der Waals surface area contributed by atoms with Gasteiger partial charge in [-0.2, -0.15) is 0 Å². The van der Waals surface area contributed by atoms with E-state index in [1.165, 1.54) is 103 Å². The van der Waals surface area contributed by atoms with Crippen LogP contribution in [-0.4, -0.2) is 6.29 Å². The summed E-state index contributed by atoms with van der Waals surface area (Å²) >= 11 is 0. The Morgan fingerprint density at radius 1 is 0.913 bits per heavy atom. The van der Waals surface area contributed by atoms with E-state index >= 15 is 0 Å². The third kappa shape index (κ3) is 4.20. The van der Waals surface area contributed by atoms with Crippen molar-refractivity contribution in [3.63, 3.8) is 0 Å². The normalized spacial score (nSPS) is 38.4. The van der Waals surface area contributed by atoms with E-state index in [9.17, 15) is 4.79 Å². The van der Waals surface area contributed by atoms with Gasteiger partial charge in [0.1, 0.15) is 6.29 Å². The van der Waals surface area contributed by atoms with Crippen molar-refractivity contribution in [2.24, 2.45) is 29.1 Å². The lowest BCUT2D eigenvalue weighted by atomic mass is 9.55. The third-order valence-corrected chi connectivity index (χ3v) is 7.89. The van der Waals surface area contributed by atoms with Crippen LogP contribution in [0.25, 0.3) is 0 Å². The van der Waals surface area contributed by atoms with Gasteiger partial charge in [-0.15, -0.1) is 0 Å². The van der Waals surface area contributed by atoms with Crippen LogP contribution < -0.4 is 0 Å². The minimum Gasteiger partial charge on any atom is -0.303 e. The smallest absolute Gasteiger partial charge is 0.123 e. The molecule has 1 heteroatoms. The number of rotatable bonds is 8. The fourth-order valence-electron chi connectivity index (χ4n) is 6.20. The number of carbonyl (C=O) groups is 1. The maximum absolute atomic E-state index is 11.8. The molecule has 132 valence electrons. The first-order valence-electron chi connectivity index (χ1n) is 10.7. The summed E-state index contributed by atoms with van der Waals surface area (Å²) in [5, 5.41) is 0. The summed E-state index contributed by atoms with van der Waals surface area (Å²) in [6.45, 7) is 2.32. The second-order valence-corrected chi connectivity index (χ2v) is 9.19. The van der Waals surface area contributed by atoms with Crippen LogP contribution in [0.1, 0.15) is 103 Å². The molecule has 1 nitrogen and oxygen atoms in total. The average molecular weight is 319 g/mol. The molecule has 4 aliphatic carbocycles. The summed E-state index contributed by atoms with van der Waals surface area (Å²) in [5.41, 5.74) is 0.426. The molecule has 0 aromatic rings. The van der Waals surface area contributed by atoms with Gasteiger partial charge in [-0.3, -0.25) is 0 Å². The highest BCUT2D eigenvalue weighted by Crippen LogP contribution is 2.55. The minimum absolute atomic E-state index is 0.375. The molecule has 23 heavy (non-hydrogen) atoms. The lowest BCUT2D eigenvalue weighted by Gasteiger charge is -2.49. The summed E-state index contributed by atoms with van der Waals surface area (Å²) in [7, 11) is 0. The Labute approximate surface area is 144 Å². The van der Waals surface area contributed by atoms with Crippen LogP contribution in [0.5, 0.6) is 0 Å². The first-order valence-corrected chi connectivity index (χ1v) is 10.7. The van der Waals surface area contributed by atoms with Gasteiger partial charge in [0.15, 0.2) is 0 Å². The molecule has 0 aromatic carbocycles. The second kappa shape index (κ2) is 8.17. The van der Waals surface area contributed by atoms with Crippen LogP contribution in [0.15, 0.2) is 0 Å². The van der Waals surface area contributed by atoms with E-state index in [2.05, 4.69) is 6.92 Å². The summed E-state index contributed by atoms with van der Waals surface area (Å²) in [6, 6.07) is 0. The molecule has 0 radical (unpaired) electrons. The van der Waals surface area contributed by atoms with Crippen molar-refractivity contribution in [2.75, 3.05) is 0 Å². The molecule has 0 N–H and O–H groups in total. The summed E-state index contributed by atoms with van der Waals surface area (Å²) in [5.74, 6) is 3.37. The summed E-state index contributed by atoms with van der Waals surface area (Å²) < 4.78 is 0. The Hall–Kier alpha value is -0.330. The molecular weight excluding hydrogens is 280 g/mol. The fourth-order valence-corrected chi connectivity index (χ4v) is 6.20. The molecule has 4 saturated carbocycles. The van der Waals surface area contributed by atoms with E-state index in [4.69, 9.17) is 0 Å². The molecule has 0 saturated heterocycles. The lowest BCUT2D eigenvalue weighted by Crippen LogP contribution is -2.40. The fraction of sp³-hybridized carbons (Fsp3) is 0.955. The Bertz CT molecular complexity index is 344. The van der Waals surface area contributed by atoms with E-state index in [1.54, 1.807) is 0 Å². The SMILES string of the molecule is CCCC1CCC(CCCC(C=O)C23CCC(CC2)CC3)CC1. The highest BCUT2D eigenvalue weighted by atomic mass is 16.1. The van der Waals surface area contributed by atoms with Crippen molar-refractivity contribution in [2.45, 2.75) is 103 Å². The first-order chi connectivity index (χ1) is 11.3. The maximum atomic E-state index is 11.8. The van der Waals surface area contributed by atoms with Gasteiger partial charge in [0, 0.05) is 5.92 Å². The zero-order valence-electron chi connectivity index (χ0n) is 15.4. The van der Waals surface area contributed by atoms with Crippen molar-refractivity contribution in [3.8, 4) is 0 Å². The standard InChI is InChI=1S/C22H38O/c1-2-4-18-7-9-19(10-8-18)5-3-6-21(17-23)22-14-11-20(12-15-22)13-16-22/h17-21H,2-16H2,1H3. The Balaban J connectivity index is 1.40. The van der Waals surface area contributed by atoms with Gasteiger partial charge in [-0.05, 0) is 68.1 Å². The molecule has 4 aliphatic rings. The number of fused-ring (bicyclic) bond motifs is 3. The van der Waals surface area contributed by atoms with Crippen molar-refractivity contribution < 1.29 is 4.79 Å². The van der Waals surface area contributed by atoms with Gasteiger partial charge >= 0.3 is 0 Å². The largest absolute Gasteiger partial charge is 0.303 e. The van der Waals surface area contributed by atoms with Crippen molar-refractivity contribution in [1.82, 2.24) is 0 Å². The maximum Gasteiger partial charge on any atom is 0.123 e. The zero-order chi connectivity index (χ0) is 16.1. The molecule has 2 bridgehead atoms. The van der Waals surface area contributed by atoms with Crippen LogP contribution >= 0.6 is 0 Å². The zero-order valence-corrected chi connectivity index (χ0v) is 15.4. The van der Waals surface area contributed by atoms with E-state index in [0.717, 1.165) is 17.8 Å². The van der Waals surface area contributed by atoms with Gasteiger partial charge in [0.2, 0.25) is 0 Å². The van der Waals surface area contributed by atoms with Crippen LogP contribution in [-0.2, 0) is 4.79 Å². The van der Waals surface area contributed by atoms with Crippen molar-refractivity contribution in [3.05, 3.63) is 0 Å². The molecule has 1 atom stereocenters. The lowest BCUT2D eigenvalue weighted by molar-refractivity contribution is -0.119. The predicted octanol–water partition coefficient (Wildman–Crippen LogP) is 6.55. The van der Waals surface area contributed by atoms with E-state index in [-0.39, 0.29) is 0 Å². The highest BCUT2D eigenvalue weighted by molar-refractivity contribution is 5.55. The Kier molecular flexibility index (Phi) is 6.21. The number of hydrogen-bond acceptors (Lipinski definition) is 1. The topological polar surface area (TPSA) is 17.1 Å². The Morgan fingerprint density at radius 3 is 2.00 bits per heavy atom. The summed E-state index contributed by atoms with van der Waals surface area (Å²) in [6.07, 6.45) is 22.2. The van der Waals surface area contributed by atoms with Crippen LogP contribution in [0.3, 0.4) is 0 Å². The van der Waals surface area contributed by atoms with E-state index in [0.29, 0.717) is 11.3 Å². The van der Waals surface area contributed by atoms with Crippen LogP contribution in [0.2, 0.25) is 0 Å². The molecule has 0 aromatic heterocycles. The van der Waals surface area contributed by atoms with E-state index in [1.807, 2.05) is 0 Å². The van der Waals surface area contributed by atoms with Gasteiger partial charge in [0.25, 0.3) is 0 Å². The summed E-state index contributed by atoms with van der Waals surface area (Å²) in [4.78, 5) is 11.8. The number of carbonyl (C=O) groups excluding carboxylic acids is 1. The van der Waals surface area contributed by atoms with Crippen molar-refractivity contribution in [1.29, 1.82) is 0 Å². The molecule has 0 heterocycles. The second-order valence-electron chi connectivity index (χ2n) is 9.19. The average Bonchev–Trinajstić information content (AvgIpc) is 2.62. The number of hydrogen-bond donors (Lipinski definition) is 0. The minimum atomic E-state index is 0.375. The molecular formula is C22H38O. The Morgan fingerprint density at radius 2 is 1.48 bits per heavy atom. The van der Waals surface area contributed by atoms with E-state index < -0.39 is 0 Å². The molecule has 0 aliphatic heterocycles. The van der Waals surface area contributed by atoms with Crippen LogP contribution in [0, 0.1) is 29.1 Å². The molecule has 0 amide bonds. The monoisotopic (exact) mass is 318 g/mol. The first kappa shape index (κ1) is 17.5. The molecule has 0 spiro atoms.